The van der Waals surface area contributed by atoms with Gasteiger partial charge in [-0.15, -0.1) is 0 Å². The molecule has 0 amide bonds. The predicted octanol–water partition coefficient (Wildman–Crippen LogP) is 4.49. The molecule has 4 aliphatic rings. The van der Waals surface area contributed by atoms with E-state index in [-0.39, 0.29) is 0 Å². The molecule has 4 fully saturated rings. The van der Waals surface area contributed by atoms with Gasteiger partial charge < -0.3 is 0 Å². The maximum atomic E-state index is 2.67. The van der Waals surface area contributed by atoms with Crippen molar-refractivity contribution < 1.29 is 0 Å². The molecule has 0 radical (unpaired) electrons. The molecule has 0 unspecified atom stereocenters. The van der Waals surface area contributed by atoms with Crippen LogP contribution in [0.3, 0.4) is 0 Å². The molecule has 0 aromatic rings. The number of rotatable bonds is 0. The van der Waals surface area contributed by atoms with Crippen LogP contribution in [0.5, 0.6) is 0 Å². The molecule has 0 saturated heterocycles. The first kappa shape index (κ1) is 9.97. The fraction of sp³-hybridized carbons (Fsp3) is 1.00. The van der Waals surface area contributed by atoms with Gasteiger partial charge in [0.15, 0.2) is 0 Å². The molecule has 4 saturated carbocycles. The Morgan fingerprint density at radius 2 is 1.75 bits per heavy atom. The third-order valence-corrected chi connectivity index (χ3v) is 7.42. The molecule has 4 rings (SSSR count). The van der Waals surface area contributed by atoms with Gasteiger partial charge in [0.2, 0.25) is 0 Å². The van der Waals surface area contributed by atoms with E-state index in [9.17, 15) is 0 Å². The maximum absolute atomic E-state index is 2.67. The Morgan fingerprint density at radius 1 is 0.938 bits per heavy atom. The van der Waals surface area contributed by atoms with E-state index in [0.717, 1.165) is 40.9 Å². The van der Waals surface area contributed by atoms with Crippen molar-refractivity contribution in [3.05, 3.63) is 0 Å². The van der Waals surface area contributed by atoms with Crippen LogP contribution in [0.15, 0.2) is 0 Å². The Hall–Kier alpha value is 0. The van der Waals surface area contributed by atoms with Crippen LogP contribution in [0.1, 0.15) is 58.8 Å². The fourth-order valence-electron chi connectivity index (χ4n) is 6.84. The highest BCUT2D eigenvalue weighted by atomic mass is 14.7. The molecule has 0 heterocycles. The zero-order valence-electron chi connectivity index (χ0n) is 10.9. The van der Waals surface area contributed by atoms with Gasteiger partial charge >= 0.3 is 0 Å². The van der Waals surface area contributed by atoms with E-state index in [0.29, 0.717) is 0 Å². The van der Waals surface area contributed by atoms with Gasteiger partial charge in [0.25, 0.3) is 0 Å². The quantitative estimate of drug-likeness (QED) is 0.562. The lowest BCUT2D eigenvalue weighted by Gasteiger charge is -2.35. The summed E-state index contributed by atoms with van der Waals surface area (Å²) in [4.78, 5) is 0. The van der Waals surface area contributed by atoms with Gasteiger partial charge in [0.05, 0.1) is 0 Å². The van der Waals surface area contributed by atoms with Crippen molar-refractivity contribution in [2.75, 3.05) is 0 Å². The van der Waals surface area contributed by atoms with E-state index in [4.69, 9.17) is 0 Å². The predicted molar refractivity (Wildman–Crippen MR) is 67.0 cm³/mol. The molecule has 0 nitrogen and oxygen atoms in total. The van der Waals surface area contributed by atoms with Gasteiger partial charge in [-0.25, -0.2) is 0 Å². The lowest BCUT2D eigenvalue weighted by molar-refractivity contribution is 0.129. The minimum Gasteiger partial charge on any atom is -0.0620 e. The van der Waals surface area contributed by atoms with Crippen molar-refractivity contribution in [2.24, 2.45) is 40.9 Å². The van der Waals surface area contributed by atoms with E-state index in [2.05, 4.69) is 13.8 Å². The summed E-state index contributed by atoms with van der Waals surface area (Å²) < 4.78 is 0. The molecule has 0 aromatic heterocycles. The van der Waals surface area contributed by atoms with E-state index in [1.807, 2.05) is 0 Å². The van der Waals surface area contributed by atoms with Crippen molar-refractivity contribution in [1.29, 1.82) is 0 Å². The molecule has 0 spiro atoms. The summed E-state index contributed by atoms with van der Waals surface area (Å²) >= 11 is 0. The average Bonchev–Trinajstić information content (AvgIpc) is 2.90. The Bertz CT molecular complexity index is 305. The Labute approximate surface area is 100 Å². The van der Waals surface area contributed by atoms with Crippen LogP contribution in [-0.4, -0.2) is 0 Å². The van der Waals surface area contributed by atoms with Crippen molar-refractivity contribution in [3.63, 3.8) is 0 Å². The topological polar surface area (TPSA) is 0 Å². The van der Waals surface area contributed by atoms with Crippen molar-refractivity contribution >= 4 is 0 Å². The second-order valence-corrected chi connectivity index (χ2v) is 7.64. The summed E-state index contributed by atoms with van der Waals surface area (Å²) in [6.45, 7) is 5.26. The molecule has 7 atom stereocenters. The van der Waals surface area contributed by atoms with Crippen LogP contribution < -0.4 is 0 Å². The van der Waals surface area contributed by atoms with E-state index in [1.54, 1.807) is 38.5 Å². The molecular formula is C16H26. The highest BCUT2D eigenvalue weighted by molar-refractivity contribution is 5.12. The first-order valence-electron chi connectivity index (χ1n) is 7.72. The van der Waals surface area contributed by atoms with Crippen molar-refractivity contribution in [2.45, 2.75) is 58.8 Å². The fourth-order valence-corrected chi connectivity index (χ4v) is 6.84. The number of fused-ring (bicyclic) bond motifs is 5. The average molecular weight is 218 g/mol. The lowest BCUT2D eigenvalue weighted by Crippen LogP contribution is -2.29. The molecule has 0 heteroatoms. The standard InChI is InChI=1S/C16H26/c1-10-12-6-3-7-13(12)15-14(10)9-11-5-4-8-16(11,15)2/h10-15H,3-9H2,1-2H3/t10-,11-,12+,13+,14+,15-,16-/m0/s1. The maximum Gasteiger partial charge on any atom is -0.0264 e. The molecule has 0 N–H and O–H groups in total. The molecule has 16 heavy (non-hydrogen) atoms. The summed E-state index contributed by atoms with van der Waals surface area (Å²) in [7, 11) is 0. The number of hydrogen-bond donors (Lipinski definition) is 0. The second-order valence-electron chi connectivity index (χ2n) is 7.64. The van der Waals surface area contributed by atoms with Crippen LogP contribution in [0.25, 0.3) is 0 Å². The summed E-state index contributed by atoms with van der Waals surface area (Å²) in [5, 5.41) is 0. The highest BCUT2D eigenvalue weighted by Gasteiger charge is 2.63. The van der Waals surface area contributed by atoms with Gasteiger partial charge in [0, 0.05) is 0 Å². The van der Waals surface area contributed by atoms with Crippen LogP contribution in [-0.2, 0) is 0 Å². The first-order valence-corrected chi connectivity index (χ1v) is 7.72. The van der Waals surface area contributed by atoms with E-state index < -0.39 is 0 Å². The first-order chi connectivity index (χ1) is 7.72. The highest BCUT2D eigenvalue weighted by Crippen LogP contribution is 2.70. The minimum absolute atomic E-state index is 0.780. The number of hydrogen-bond acceptors (Lipinski definition) is 0. The van der Waals surface area contributed by atoms with Crippen LogP contribution >= 0.6 is 0 Å². The molecule has 0 bridgehead atoms. The van der Waals surface area contributed by atoms with Gasteiger partial charge in [-0.05, 0) is 73.0 Å². The van der Waals surface area contributed by atoms with Crippen LogP contribution in [0.4, 0.5) is 0 Å². The van der Waals surface area contributed by atoms with E-state index in [1.165, 1.54) is 6.42 Å². The molecular weight excluding hydrogens is 192 g/mol. The monoisotopic (exact) mass is 218 g/mol. The molecule has 0 aliphatic heterocycles. The normalized spacial score (nSPS) is 63.4. The van der Waals surface area contributed by atoms with Gasteiger partial charge in [-0.3, -0.25) is 0 Å². The smallest absolute Gasteiger partial charge is 0.0264 e. The van der Waals surface area contributed by atoms with Gasteiger partial charge in [0.1, 0.15) is 0 Å². The zero-order chi connectivity index (χ0) is 10.9. The third-order valence-electron chi connectivity index (χ3n) is 7.42. The molecule has 0 aromatic carbocycles. The summed E-state index contributed by atoms with van der Waals surface area (Å²) in [6, 6.07) is 0. The SMILES string of the molecule is C[C@H]1[C@H]2CCC[C@H]2[C@H]2[C@@H]1C[C@@H]1CCC[C@@]12C. The summed E-state index contributed by atoms with van der Waals surface area (Å²) in [5.41, 5.74) is 0.780. The van der Waals surface area contributed by atoms with Crippen molar-refractivity contribution in [1.82, 2.24) is 0 Å². The Morgan fingerprint density at radius 3 is 2.62 bits per heavy atom. The second kappa shape index (κ2) is 3.06. The molecule has 90 valence electrons. The lowest BCUT2D eigenvalue weighted by atomic mass is 9.69. The van der Waals surface area contributed by atoms with Gasteiger partial charge in [-0.1, -0.05) is 26.7 Å². The largest absolute Gasteiger partial charge is 0.0620 e. The molecule has 4 aliphatic carbocycles. The van der Waals surface area contributed by atoms with Crippen LogP contribution in [0.2, 0.25) is 0 Å². The Kier molecular flexibility index (Phi) is 1.91. The Balaban J connectivity index is 1.74. The summed E-state index contributed by atoms with van der Waals surface area (Å²) in [5.74, 6) is 6.74. The third kappa shape index (κ3) is 0.985. The van der Waals surface area contributed by atoms with Gasteiger partial charge in [-0.2, -0.15) is 0 Å². The summed E-state index contributed by atoms with van der Waals surface area (Å²) in [6.07, 6.45) is 11.0. The zero-order valence-corrected chi connectivity index (χ0v) is 10.9. The van der Waals surface area contributed by atoms with E-state index >= 15 is 0 Å². The van der Waals surface area contributed by atoms with Crippen molar-refractivity contribution in [3.8, 4) is 0 Å². The minimum atomic E-state index is 0.780. The van der Waals surface area contributed by atoms with Crippen LogP contribution in [0, 0.1) is 40.9 Å².